The molecule has 0 aliphatic carbocycles. The van der Waals surface area contributed by atoms with E-state index >= 15 is 0 Å². The number of benzene rings is 2. The number of anilines is 2. The highest BCUT2D eigenvalue weighted by Gasteiger charge is 2.14. The van der Waals surface area contributed by atoms with Gasteiger partial charge in [0, 0.05) is 18.8 Å². The van der Waals surface area contributed by atoms with Crippen LogP contribution in [0.25, 0.3) is 0 Å². The normalized spacial score (nSPS) is 15.1. The van der Waals surface area contributed by atoms with Gasteiger partial charge >= 0.3 is 0 Å². The second-order valence-electron chi connectivity index (χ2n) is 6.20. The minimum absolute atomic E-state index is 0.0811. The molecule has 25 heavy (non-hydrogen) atoms. The average molecular weight is 361 g/mol. The molecule has 0 radical (unpaired) electrons. The standard InChI is InChI=1S/C19H21F2N3S/c1-13(14-7-9-15(10-8-14)24-11-2-3-12-24)22-19(25)23-18-16(20)5-4-6-17(18)21/h4-10,13H,2-3,11-12H2,1H3,(H2,22,23,25)/t13-/m0/s1. The summed E-state index contributed by atoms with van der Waals surface area (Å²) in [5.74, 6) is -1.35. The van der Waals surface area contributed by atoms with E-state index in [1.165, 1.54) is 36.7 Å². The Morgan fingerprint density at radius 3 is 2.24 bits per heavy atom. The molecule has 0 amide bonds. The van der Waals surface area contributed by atoms with E-state index in [1.54, 1.807) is 0 Å². The molecular weight excluding hydrogens is 340 g/mol. The van der Waals surface area contributed by atoms with Crippen LogP contribution in [0.4, 0.5) is 20.2 Å². The number of hydrogen-bond donors (Lipinski definition) is 2. The van der Waals surface area contributed by atoms with Crippen molar-refractivity contribution in [1.29, 1.82) is 0 Å². The molecule has 0 spiro atoms. The van der Waals surface area contributed by atoms with E-state index in [0.717, 1.165) is 18.7 Å². The number of para-hydroxylation sites is 1. The van der Waals surface area contributed by atoms with E-state index in [-0.39, 0.29) is 16.8 Å². The predicted octanol–water partition coefficient (Wildman–Crippen LogP) is 4.61. The van der Waals surface area contributed by atoms with E-state index in [4.69, 9.17) is 12.2 Å². The second kappa shape index (κ2) is 7.78. The fraction of sp³-hybridized carbons (Fsp3) is 0.316. The molecule has 2 N–H and O–H groups in total. The summed E-state index contributed by atoms with van der Waals surface area (Å²) in [7, 11) is 0. The quantitative estimate of drug-likeness (QED) is 0.778. The first kappa shape index (κ1) is 17.6. The third-order valence-electron chi connectivity index (χ3n) is 4.41. The van der Waals surface area contributed by atoms with Gasteiger partial charge in [-0.2, -0.15) is 0 Å². The Hall–Kier alpha value is -2.21. The van der Waals surface area contributed by atoms with Crippen LogP contribution in [0.2, 0.25) is 0 Å². The van der Waals surface area contributed by atoms with Gasteiger partial charge < -0.3 is 15.5 Å². The predicted molar refractivity (Wildman–Crippen MR) is 102 cm³/mol. The monoisotopic (exact) mass is 361 g/mol. The molecular formula is C19H21F2N3S. The lowest BCUT2D eigenvalue weighted by molar-refractivity contribution is 0.590. The van der Waals surface area contributed by atoms with Crippen LogP contribution >= 0.6 is 12.2 Å². The fourth-order valence-electron chi connectivity index (χ4n) is 3.00. The van der Waals surface area contributed by atoms with Crippen LogP contribution in [-0.4, -0.2) is 18.2 Å². The lowest BCUT2D eigenvalue weighted by atomic mass is 10.1. The summed E-state index contributed by atoms with van der Waals surface area (Å²) in [6.45, 7) is 4.17. The number of nitrogens with zero attached hydrogens (tertiary/aromatic N) is 1. The SMILES string of the molecule is C[C@H](NC(=S)Nc1c(F)cccc1F)c1ccc(N2CCCC2)cc1. The van der Waals surface area contributed by atoms with Crippen molar-refractivity contribution in [2.24, 2.45) is 0 Å². The molecule has 3 rings (SSSR count). The van der Waals surface area contributed by atoms with Gasteiger partial charge in [0.2, 0.25) is 0 Å². The van der Waals surface area contributed by atoms with Gasteiger partial charge in [-0.05, 0) is 61.8 Å². The van der Waals surface area contributed by atoms with Crippen molar-refractivity contribution in [2.45, 2.75) is 25.8 Å². The summed E-state index contributed by atoms with van der Waals surface area (Å²) in [5.41, 5.74) is 2.04. The average Bonchev–Trinajstić information content (AvgIpc) is 3.13. The van der Waals surface area contributed by atoms with E-state index < -0.39 is 11.6 Å². The van der Waals surface area contributed by atoms with Crippen molar-refractivity contribution >= 4 is 28.7 Å². The lowest BCUT2D eigenvalue weighted by Gasteiger charge is -2.20. The van der Waals surface area contributed by atoms with Crippen molar-refractivity contribution < 1.29 is 8.78 Å². The number of thiocarbonyl (C=S) groups is 1. The van der Waals surface area contributed by atoms with Gasteiger partial charge in [0.1, 0.15) is 17.3 Å². The molecule has 1 saturated heterocycles. The summed E-state index contributed by atoms with van der Waals surface area (Å²) < 4.78 is 27.3. The molecule has 1 atom stereocenters. The van der Waals surface area contributed by atoms with Crippen molar-refractivity contribution in [2.75, 3.05) is 23.3 Å². The lowest BCUT2D eigenvalue weighted by Crippen LogP contribution is -2.31. The first-order chi connectivity index (χ1) is 12.0. The van der Waals surface area contributed by atoms with E-state index in [0.29, 0.717) is 0 Å². The van der Waals surface area contributed by atoms with Crippen molar-refractivity contribution in [1.82, 2.24) is 5.32 Å². The maximum Gasteiger partial charge on any atom is 0.171 e. The Balaban J connectivity index is 1.61. The zero-order valence-corrected chi connectivity index (χ0v) is 14.9. The van der Waals surface area contributed by atoms with Crippen molar-refractivity contribution in [3.8, 4) is 0 Å². The van der Waals surface area contributed by atoms with Gasteiger partial charge in [0.25, 0.3) is 0 Å². The fourth-order valence-corrected chi connectivity index (χ4v) is 3.27. The van der Waals surface area contributed by atoms with Crippen LogP contribution in [0.1, 0.15) is 31.4 Å². The third-order valence-corrected chi connectivity index (χ3v) is 4.63. The summed E-state index contributed by atoms with van der Waals surface area (Å²) in [6.07, 6.45) is 2.48. The first-order valence-electron chi connectivity index (χ1n) is 8.41. The molecule has 132 valence electrons. The Morgan fingerprint density at radius 2 is 1.64 bits per heavy atom. The van der Waals surface area contributed by atoms with E-state index in [1.807, 2.05) is 6.92 Å². The van der Waals surface area contributed by atoms with Gasteiger partial charge in [-0.25, -0.2) is 8.78 Å². The molecule has 0 aromatic heterocycles. The van der Waals surface area contributed by atoms with Crippen LogP contribution in [0.5, 0.6) is 0 Å². The minimum Gasteiger partial charge on any atom is -0.372 e. The van der Waals surface area contributed by atoms with Crippen LogP contribution < -0.4 is 15.5 Å². The molecule has 0 saturated carbocycles. The first-order valence-corrected chi connectivity index (χ1v) is 8.82. The Bertz CT molecular complexity index is 723. The number of halogens is 2. The molecule has 1 aliphatic rings. The maximum absolute atomic E-state index is 13.7. The highest BCUT2D eigenvalue weighted by atomic mass is 32.1. The smallest absolute Gasteiger partial charge is 0.171 e. The number of nitrogens with one attached hydrogen (secondary N) is 2. The molecule has 0 unspecified atom stereocenters. The topological polar surface area (TPSA) is 27.3 Å². The van der Waals surface area contributed by atoms with Crippen LogP contribution in [0.3, 0.4) is 0 Å². The molecule has 1 heterocycles. The van der Waals surface area contributed by atoms with Crippen molar-refractivity contribution in [3.05, 3.63) is 59.7 Å². The highest BCUT2D eigenvalue weighted by molar-refractivity contribution is 7.80. The van der Waals surface area contributed by atoms with Crippen LogP contribution in [0, 0.1) is 11.6 Å². The van der Waals surface area contributed by atoms with Gasteiger partial charge in [0.15, 0.2) is 5.11 Å². The van der Waals surface area contributed by atoms with Crippen LogP contribution in [0.15, 0.2) is 42.5 Å². The van der Waals surface area contributed by atoms with Crippen molar-refractivity contribution in [3.63, 3.8) is 0 Å². The maximum atomic E-state index is 13.7. The second-order valence-corrected chi connectivity index (χ2v) is 6.61. The Morgan fingerprint density at radius 1 is 1.04 bits per heavy atom. The Kier molecular flexibility index (Phi) is 5.48. The van der Waals surface area contributed by atoms with Crippen LogP contribution in [-0.2, 0) is 0 Å². The summed E-state index contributed by atoms with van der Waals surface area (Å²) in [5, 5.41) is 5.84. The molecule has 2 aromatic rings. The van der Waals surface area contributed by atoms with Gasteiger partial charge in [-0.15, -0.1) is 0 Å². The molecule has 0 bridgehead atoms. The summed E-state index contributed by atoms with van der Waals surface area (Å²) in [6, 6.07) is 11.9. The van der Waals surface area contributed by atoms with E-state index in [2.05, 4.69) is 39.8 Å². The Labute approximate surface area is 152 Å². The molecule has 3 nitrogen and oxygen atoms in total. The largest absolute Gasteiger partial charge is 0.372 e. The zero-order valence-electron chi connectivity index (χ0n) is 14.1. The summed E-state index contributed by atoms with van der Waals surface area (Å²) in [4.78, 5) is 2.37. The highest BCUT2D eigenvalue weighted by Crippen LogP contribution is 2.23. The number of rotatable bonds is 4. The molecule has 1 aliphatic heterocycles. The molecule has 2 aromatic carbocycles. The number of hydrogen-bond acceptors (Lipinski definition) is 2. The molecule has 6 heteroatoms. The van der Waals surface area contributed by atoms with Gasteiger partial charge in [0.05, 0.1) is 6.04 Å². The van der Waals surface area contributed by atoms with Gasteiger partial charge in [-0.3, -0.25) is 0 Å². The minimum atomic E-state index is -0.674. The third kappa shape index (κ3) is 4.25. The van der Waals surface area contributed by atoms with E-state index in [9.17, 15) is 8.78 Å². The summed E-state index contributed by atoms with van der Waals surface area (Å²) >= 11 is 5.18. The van der Waals surface area contributed by atoms with Gasteiger partial charge in [-0.1, -0.05) is 18.2 Å². The molecule has 1 fully saturated rings. The zero-order chi connectivity index (χ0) is 17.8.